The van der Waals surface area contributed by atoms with Crippen LogP contribution in [0.2, 0.25) is 0 Å². The van der Waals surface area contributed by atoms with Crippen molar-refractivity contribution in [2.75, 3.05) is 18.7 Å². The predicted molar refractivity (Wildman–Crippen MR) is 104 cm³/mol. The van der Waals surface area contributed by atoms with Crippen LogP contribution in [0, 0.1) is 0 Å². The largest absolute Gasteiger partial charge is 0.382 e. The number of imidazole rings is 1. The molecule has 2 unspecified atom stereocenters. The lowest BCUT2D eigenvalue weighted by Gasteiger charge is -2.27. The molecule has 0 spiro atoms. The fourth-order valence-electron chi connectivity index (χ4n) is 1.82. The zero-order chi connectivity index (χ0) is 21.4. The minimum Gasteiger partial charge on any atom is -0.382 e. The van der Waals surface area contributed by atoms with Gasteiger partial charge in [-0.3, -0.25) is 13.7 Å². The summed E-state index contributed by atoms with van der Waals surface area (Å²) in [5.74, 6) is 0.176. The van der Waals surface area contributed by atoms with E-state index in [9.17, 15) is 23.5 Å². The van der Waals surface area contributed by atoms with Crippen LogP contribution < -0.4 is 5.73 Å². The number of nitrogens with two attached hydrogens (primary N) is 1. The van der Waals surface area contributed by atoms with Crippen LogP contribution in [0.1, 0.15) is 0 Å². The minimum atomic E-state index is -5.34. The third-order valence-electron chi connectivity index (χ3n) is 3.09. The molecule has 2 aromatic rings. The van der Waals surface area contributed by atoms with Crippen molar-refractivity contribution in [3.8, 4) is 0 Å². The van der Waals surface area contributed by atoms with Gasteiger partial charge in [-0.25, -0.2) is 19.3 Å². The summed E-state index contributed by atoms with van der Waals surface area (Å²) < 4.78 is 43.0. The summed E-state index contributed by atoms with van der Waals surface area (Å²) >= 11 is 4.65. The molecule has 2 rings (SSSR count). The number of hydrogen-bond acceptors (Lipinski definition) is 9. The van der Waals surface area contributed by atoms with E-state index in [-0.39, 0.29) is 19.0 Å². The van der Waals surface area contributed by atoms with Crippen molar-refractivity contribution in [2.24, 2.45) is 0 Å². The molecule has 6 N–H and O–H groups in total. The molecule has 2 aromatic heterocycles. The zero-order valence-electron chi connectivity index (χ0n) is 13.6. The number of rotatable bonds is 9. The third kappa shape index (κ3) is 5.27. The molecule has 0 fully saturated rings. The van der Waals surface area contributed by atoms with Gasteiger partial charge in [0.25, 0.3) is 2.72 Å². The van der Waals surface area contributed by atoms with E-state index in [1.54, 1.807) is 0 Å². The molecule has 0 bridgehead atoms. The molecule has 19 heteroatoms. The number of nitrogen functional groups attached to an aromatic ring is 1. The molecule has 158 valence electrons. The van der Waals surface area contributed by atoms with E-state index in [0.717, 1.165) is 0 Å². The average Bonchev–Trinajstić information content (AvgIpc) is 2.94. The average molecular weight is 589 g/mol. The fourth-order valence-corrected chi connectivity index (χ4v) is 6.95. The van der Waals surface area contributed by atoms with Crippen molar-refractivity contribution >= 4 is 71.6 Å². The molecule has 0 radical (unpaired) electrons. The molecule has 0 aliphatic carbocycles. The normalized spacial score (nSPS) is 17.4. The van der Waals surface area contributed by atoms with E-state index in [1.165, 1.54) is 17.2 Å². The van der Waals surface area contributed by atoms with Crippen LogP contribution in [0.15, 0.2) is 12.7 Å². The van der Waals surface area contributed by atoms with Gasteiger partial charge in [-0.05, 0) is 31.9 Å². The Kier molecular flexibility index (Phi) is 7.28. The van der Waals surface area contributed by atoms with Gasteiger partial charge in [0, 0.05) is 6.54 Å². The zero-order valence-corrected chi connectivity index (χ0v) is 19.4. The second-order valence-electron chi connectivity index (χ2n) is 5.20. The van der Waals surface area contributed by atoms with Gasteiger partial charge in [-0.2, -0.15) is 0 Å². The van der Waals surface area contributed by atoms with Crippen molar-refractivity contribution in [3.05, 3.63) is 12.7 Å². The Labute approximate surface area is 174 Å². The van der Waals surface area contributed by atoms with Gasteiger partial charge in [0.15, 0.2) is 11.5 Å². The lowest BCUT2D eigenvalue weighted by molar-refractivity contribution is 0.149. The van der Waals surface area contributed by atoms with Crippen molar-refractivity contribution in [1.82, 2.24) is 19.5 Å². The highest BCUT2D eigenvalue weighted by Gasteiger charge is 2.60. The first kappa shape index (κ1) is 24.0. The van der Waals surface area contributed by atoms with Gasteiger partial charge in [0.1, 0.15) is 18.2 Å². The molecule has 28 heavy (non-hydrogen) atoms. The molecular weight excluding hydrogens is 575 g/mol. The molecule has 0 amide bonds. The van der Waals surface area contributed by atoms with Crippen LogP contribution in [0.3, 0.4) is 0 Å². The number of hydrogen-bond donors (Lipinski definition) is 5. The number of nitrogens with zero attached hydrogens (tertiary/aromatic N) is 4. The fraction of sp³-hybridized carbons (Fsp3) is 0.444. The Morgan fingerprint density at radius 1 is 1.14 bits per heavy atom. The predicted octanol–water partition coefficient (Wildman–Crippen LogP) is 1.35. The Bertz CT molecular complexity index is 1010. The maximum absolute atomic E-state index is 12.0. The number of anilines is 1. The number of fused-ring (bicyclic) bond motifs is 1. The van der Waals surface area contributed by atoms with Crippen molar-refractivity contribution in [2.45, 2.75) is 9.26 Å². The highest BCUT2D eigenvalue weighted by atomic mass is 79.9. The smallest absolute Gasteiger partial charge is 0.375 e. The summed E-state index contributed by atoms with van der Waals surface area (Å²) in [5, 5.41) is 0. The van der Waals surface area contributed by atoms with Gasteiger partial charge < -0.3 is 34.6 Å². The van der Waals surface area contributed by atoms with Gasteiger partial charge in [-0.15, -0.1) is 0 Å². The second-order valence-corrected chi connectivity index (χ2v) is 17.1. The number of aromatic nitrogens is 4. The van der Waals surface area contributed by atoms with Crippen LogP contribution in [0.4, 0.5) is 5.82 Å². The molecular formula is C9H14Br2N5O9P3. The molecule has 0 saturated carbocycles. The minimum absolute atomic E-state index is 0.132. The number of alkyl halides is 2. The summed E-state index contributed by atoms with van der Waals surface area (Å²) in [6.07, 6.45) is 1.62. The molecule has 0 saturated heterocycles. The van der Waals surface area contributed by atoms with Crippen molar-refractivity contribution in [1.29, 1.82) is 0 Å². The first-order valence-corrected chi connectivity index (χ1v) is 13.5. The summed E-state index contributed by atoms with van der Waals surface area (Å²) in [5.41, 5.74) is 6.42. The molecule has 2 atom stereocenters. The molecule has 0 aliphatic rings. The summed E-state index contributed by atoms with van der Waals surface area (Å²) in [6.45, 7) is -0.0156. The molecule has 14 nitrogen and oxygen atoms in total. The SMILES string of the molecule is Nc1ncnc2c1ncn2CCOCP(=O)(O)OP(=O)(O)C(Br)(Br)P(=O)(O)O. The van der Waals surface area contributed by atoms with Crippen molar-refractivity contribution in [3.63, 3.8) is 0 Å². The number of ether oxygens (including phenoxy) is 1. The van der Waals surface area contributed by atoms with Crippen molar-refractivity contribution < 1.29 is 42.3 Å². The highest BCUT2D eigenvalue weighted by molar-refractivity contribution is 9.29. The lowest BCUT2D eigenvalue weighted by atomic mass is 10.5. The highest BCUT2D eigenvalue weighted by Crippen LogP contribution is 2.81. The summed E-state index contributed by atoms with van der Waals surface area (Å²) in [6, 6.07) is 0. The lowest BCUT2D eigenvalue weighted by Crippen LogP contribution is -2.15. The Morgan fingerprint density at radius 2 is 1.79 bits per heavy atom. The Morgan fingerprint density at radius 3 is 2.39 bits per heavy atom. The molecule has 0 aliphatic heterocycles. The summed E-state index contributed by atoms with van der Waals surface area (Å²) in [7, 11) is -15.5. The van der Waals surface area contributed by atoms with E-state index in [4.69, 9.17) is 20.3 Å². The van der Waals surface area contributed by atoms with Gasteiger partial charge in [0.2, 0.25) is 0 Å². The monoisotopic (exact) mass is 587 g/mol. The van der Waals surface area contributed by atoms with E-state index < -0.39 is 31.9 Å². The maximum Gasteiger partial charge on any atom is 0.375 e. The van der Waals surface area contributed by atoms with E-state index in [2.05, 4.69) is 51.1 Å². The van der Waals surface area contributed by atoms with Crippen LogP contribution in [-0.4, -0.2) is 54.8 Å². The van der Waals surface area contributed by atoms with E-state index in [0.29, 0.717) is 11.2 Å². The molecule has 2 heterocycles. The Balaban J connectivity index is 1.96. The second kappa shape index (κ2) is 8.48. The van der Waals surface area contributed by atoms with E-state index in [1.807, 2.05) is 0 Å². The quantitative estimate of drug-likeness (QED) is 0.159. The van der Waals surface area contributed by atoms with Crippen LogP contribution >= 0.6 is 54.6 Å². The first-order valence-electron chi connectivity index (χ1n) is 6.96. The van der Waals surface area contributed by atoms with Crippen LogP contribution in [-0.2, 0) is 29.3 Å². The topological polar surface area (TPSA) is 220 Å². The third-order valence-corrected chi connectivity index (χ3v) is 13.9. The van der Waals surface area contributed by atoms with E-state index >= 15 is 0 Å². The number of halogens is 2. The van der Waals surface area contributed by atoms with Crippen LogP contribution in [0.5, 0.6) is 0 Å². The van der Waals surface area contributed by atoms with Gasteiger partial charge in [0.05, 0.1) is 12.9 Å². The molecule has 0 aromatic carbocycles. The standard InChI is InChI=1S/C9H14Br2N5O9P3/c10-9(11,27(19,20)21)28(22,23)25-26(17,18)5-24-2-1-16-4-15-6-7(12)13-3-14-8(6)16/h3-4H,1-2,5H2,(H,17,18)(H,22,23)(H2,12,13,14)(H2,19,20,21). The van der Waals surface area contributed by atoms with Crippen LogP contribution in [0.25, 0.3) is 11.2 Å². The van der Waals surface area contributed by atoms with Gasteiger partial charge >= 0.3 is 22.8 Å². The van der Waals surface area contributed by atoms with Gasteiger partial charge in [-0.1, -0.05) is 0 Å². The Hall–Kier alpha value is -0.240. The first-order chi connectivity index (χ1) is 12.7. The maximum atomic E-state index is 12.0. The summed E-state index contributed by atoms with van der Waals surface area (Å²) in [4.78, 5) is 49.3.